The SMILES string of the molecule is CCNC(=NCc1ccc(F)cc1)NCCNC(=O)c1ccccc1Cl. The number of benzene rings is 2. The Balaban J connectivity index is 1.80. The molecule has 2 aromatic carbocycles. The van der Waals surface area contributed by atoms with Gasteiger partial charge in [-0.15, -0.1) is 0 Å². The smallest absolute Gasteiger partial charge is 0.252 e. The van der Waals surface area contributed by atoms with Gasteiger partial charge in [-0.05, 0) is 36.8 Å². The van der Waals surface area contributed by atoms with Crippen LogP contribution in [-0.4, -0.2) is 31.5 Å². The molecular weight excluding hydrogens is 355 g/mol. The van der Waals surface area contributed by atoms with Gasteiger partial charge in [0.25, 0.3) is 5.91 Å². The first-order valence-electron chi connectivity index (χ1n) is 8.39. The summed E-state index contributed by atoms with van der Waals surface area (Å²) >= 11 is 6.00. The molecule has 0 fully saturated rings. The van der Waals surface area contributed by atoms with Gasteiger partial charge in [0.05, 0.1) is 17.1 Å². The van der Waals surface area contributed by atoms with Gasteiger partial charge in [0.15, 0.2) is 5.96 Å². The van der Waals surface area contributed by atoms with E-state index in [1.54, 1.807) is 36.4 Å². The standard InChI is InChI=1S/C19H22ClFN4O/c1-2-22-19(25-13-14-7-9-15(21)10-8-14)24-12-11-23-18(26)16-5-3-4-6-17(16)20/h3-10H,2,11-13H2,1H3,(H,23,26)(H2,22,24,25). The Hall–Kier alpha value is -2.60. The maximum Gasteiger partial charge on any atom is 0.252 e. The fourth-order valence-corrected chi connectivity index (χ4v) is 2.42. The number of halogens is 2. The van der Waals surface area contributed by atoms with E-state index in [9.17, 15) is 9.18 Å². The zero-order chi connectivity index (χ0) is 18.8. The summed E-state index contributed by atoms with van der Waals surface area (Å²) < 4.78 is 12.9. The summed E-state index contributed by atoms with van der Waals surface area (Å²) in [5.41, 5.74) is 1.36. The molecule has 138 valence electrons. The van der Waals surface area contributed by atoms with Gasteiger partial charge < -0.3 is 16.0 Å². The molecule has 0 saturated heterocycles. The van der Waals surface area contributed by atoms with Gasteiger partial charge in [-0.25, -0.2) is 9.38 Å². The van der Waals surface area contributed by atoms with Crippen molar-refractivity contribution in [1.29, 1.82) is 0 Å². The van der Waals surface area contributed by atoms with Crippen LogP contribution in [-0.2, 0) is 6.54 Å². The summed E-state index contributed by atoms with van der Waals surface area (Å²) in [4.78, 5) is 16.5. The van der Waals surface area contributed by atoms with Crippen LogP contribution in [0.3, 0.4) is 0 Å². The normalized spacial score (nSPS) is 11.1. The third-order valence-electron chi connectivity index (χ3n) is 3.50. The molecule has 0 atom stereocenters. The van der Waals surface area contributed by atoms with Gasteiger partial charge in [0.1, 0.15) is 5.82 Å². The minimum atomic E-state index is -0.267. The molecule has 0 unspecified atom stereocenters. The molecule has 0 aliphatic rings. The van der Waals surface area contributed by atoms with E-state index in [1.165, 1.54) is 12.1 Å². The van der Waals surface area contributed by atoms with E-state index in [0.717, 1.165) is 5.56 Å². The molecule has 7 heteroatoms. The highest BCUT2D eigenvalue weighted by Crippen LogP contribution is 2.14. The highest BCUT2D eigenvalue weighted by molar-refractivity contribution is 6.33. The van der Waals surface area contributed by atoms with E-state index in [1.807, 2.05) is 6.92 Å². The zero-order valence-electron chi connectivity index (χ0n) is 14.6. The lowest BCUT2D eigenvalue weighted by Crippen LogP contribution is -2.41. The van der Waals surface area contributed by atoms with Crippen molar-refractivity contribution in [3.8, 4) is 0 Å². The predicted octanol–water partition coefficient (Wildman–Crippen LogP) is 2.96. The Morgan fingerprint density at radius 1 is 1.04 bits per heavy atom. The number of hydrogen-bond acceptors (Lipinski definition) is 2. The number of nitrogens with one attached hydrogen (secondary N) is 3. The van der Waals surface area contributed by atoms with Crippen LogP contribution >= 0.6 is 11.6 Å². The quantitative estimate of drug-likeness (QED) is 0.395. The van der Waals surface area contributed by atoms with E-state index in [4.69, 9.17) is 11.6 Å². The monoisotopic (exact) mass is 376 g/mol. The van der Waals surface area contributed by atoms with Crippen LogP contribution < -0.4 is 16.0 Å². The molecule has 0 aromatic heterocycles. The fourth-order valence-electron chi connectivity index (χ4n) is 2.20. The number of aliphatic imine (C=N–C) groups is 1. The lowest BCUT2D eigenvalue weighted by Gasteiger charge is -2.12. The molecule has 2 aromatic rings. The first-order chi connectivity index (χ1) is 12.6. The van der Waals surface area contributed by atoms with Crippen LogP contribution in [0.15, 0.2) is 53.5 Å². The predicted molar refractivity (Wildman–Crippen MR) is 103 cm³/mol. The van der Waals surface area contributed by atoms with Gasteiger partial charge in [0.2, 0.25) is 0 Å². The summed E-state index contributed by atoms with van der Waals surface area (Å²) in [6.45, 7) is 4.04. The van der Waals surface area contributed by atoms with Gasteiger partial charge in [-0.2, -0.15) is 0 Å². The molecular formula is C19H22ClFN4O. The van der Waals surface area contributed by atoms with Crippen molar-refractivity contribution in [3.63, 3.8) is 0 Å². The van der Waals surface area contributed by atoms with Crippen molar-refractivity contribution >= 4 is 23.5 Å². The minimum Gasteiger partial charge on any atom is -0.357 e. The Bertz CT molecular complexity index is 749. The van der Waals surface area contributed by atoms with Gasteiger partial charge in [0, 0.05) is 19.6 Å². The first-order valence-corrected chi connectivity index (χ1v) is 8.77. The molecule has 1 amide bonds. The second-order valence-corrected chi connectivity index (χ2v) is 5.89. The molecule has 3 N–H and O–H groups in total. The van der Waals surface area contributed by atoms with Gasteiger partial charge >= 0.3 is 0 Å². The average molecular weight is 377 g/mol. The number of hydrogen-bond donors (Lipinski definition) is 3. The third-order valence-corrected chi connectivity index (χ3v) is 3.83. The first kappa shape index (κ1) is 19.7. The molecule has 0 aliphatic carbocycles. The van der Waals surface area contributed by atoms with Crippen molar-refractivity contribution in [3.05, 3.63) is 70.5 Å². The second-order valence-electron chi connectivity index (χ2n) is 5.48. The molecule has 26 heavy (non-hydrogen) atoms. The van der Waals surface area contributed by atoms with Crippen molar-refractivity contribution < 1.29 is 9.18 Å². The zero-order valence-corrected chi connectivity index (χ0v) is 15.3. The molecule has 0 bridgehead atoms. The number of carbonyl (C=O) groups excluding carboxylic acids is 1. The molecule has 5 nitrogen and oxygen atoms in total. The van der Waals surface area contributed by atoms with Crippen molar-refractivity contribution in [2.24, 2.45) is 4.99 Å². The minimum absolute atomic E-state index is 0.217. The summed E-state index contributed by atoms with van der Waals surface area (Å²) in [7, 11) is 0. The molecule has 0 spiro atoms. The van der Waals surface area contributed by atoms with E-state index in [0.29, 0.717) is 42.7 Å². The maximum absolute atomic E-state index is 12.9. The Morgan fingerprint density at radius 2 is 1.73 bits per heavy atom. The Morgan fingerprint density at radius 3 is 2.42 bits per heavy atom. The highest BCUT2D eigenvalue weighted by Gasteiger charge is 2.08. The van der Waals surface area contributed by atoms with Gasteiger partial charge in [-0.3, -0.25) is 4.79 Å². The number of guanidine groups is 1. The molecule has 2 rings (SSSR count). The van der Waals surface area contributed by atoms with Gasteiger partial charge in [-0.1, -0.05) is 35.9 Å². The Labute approximate surface area is 157 Å². The topological polar surface area (TPSA) is 65.5 Å². The van der Waals surface area contributed by atoms with Crippen LogP contribution in [0.5, 0.6) is 0 Å². The van der Waals surface area contributed by atoms with Crippen molar-refractivity contribution in [2.75, 3.05) is 19.6 Å². The van der Waals surface area contributed by atoms with Crippen LogP contribution in [0.2, 0.25) is 5.02 Å². The number of amides is 1. The lowest BCUT2D eigenvalue weighted by atomic mass is 10.2. The summed E-state index contributed by atoms with van der Waals surface area (Å²) in [5, 5.41) is 9.50. The largest absolute Gasteiger partial charge is 0.357 e. The number of nitrogens with zero attached hydrogens (tertiary/aromatic N) is 1. The summed E-state index contributed by atoms with van der Waals surface area (Å²) in [6.07, 6.45) is 0. The van der Waals surface area contributed by atoms with E-state index in [-0.39, 0.29) is 11.7 Å². The van der Waals surface area contributed by atoms with Crippen LogP contribution in [0, 0.1) is 5.82 Å². The summed E-state index contributed by atoms with van der Waals surface area (Å²) in [5.74, 6) is 0.145. The Kier molecular flexibility index (Phi) is 7.89. The molecule has 0 heterocycles. The van der Waals surface area contributed by atoms with E-state index in [2.05, 4.69) is 20.9 Å². The van der Waals surface area contributed by atoms with Crippen LogP contribution in [0.1, 0.15) is 22.8 Å². The summed E-state index contributed by atoms with van der Waals surface area (Å²) in [6, 6.07) is 13.1. The van der Waals surface area contributed by atoms with Crippen LogP contribution in [0.25, 0.3) is 0 Å². The van der Waals surface area contributed by atoms with Crippen molar-refractivity contribution in [2.45, 2.75) is 13.5 Å². The lowest BCUT2D eigenvalue weighted by molar-refractivity contribution is 0.0954. The maximum atomic E-state index is 12.9. The third kappa shape index (κ3) is 6.37. The van der Waals surface area contributed by atoms with E-state index < -0.39 is 0 Å². The average Bonchev–Trinajstić information content (AvgIpc) is 2.64. The fraction of sp³-hybridized carbons (Fsp3) is 0.263. The van der Waals surface area contributed by atoms with E-state index >= 15 is 0 Å². The molecule has 0 saturated carbocycles. The molecule has 0 aliphatic heterocycles. The number of rotatable bonds is 7. The second kappa shape index (κ2) is 10.4. The van der Waals surface area contributed by atoms with Crippen molar-refractivity contribution in [1.82, 2.24) is 16.0 Å². The molecule has 0 radical (unpaired) electrons. The number of carbonyl (C=O) groups is 1. The highest BCUT2D eigenvalue weighted by atomic mass is 35.5. The van der Waals surface area contributed by atoms with Crippen LogP contribution in [0.4, 0.5) is 4.39 Å².